The maximum absolute atomic E-state index is 13.2. The molecule has 7 heteroatoms. The van der Waals surface area contributed by atoms with Crippen molar-refractivity contribution in [2.75, 3.05) is 11.1 Å². The van der Waals surface area contributed by atoms with Crippen molar-refractivity contribution in [2.24, 2.45) is 0 Å². The van der Waals surface area contributed by atoms with Crippen LogP contribution >= 0.6 is 11.8 Å². The Kier molecular flexibility index (Phi) is 6.85. The van der Waals surface area contributed by atoms with Gasteiger partial charge in [0.1, 0.15) is 23.8 Å². The van der Waals surface area contributed by atoms with E-state index in [4.69, 9.17) is 4.74 Å². The summed E-state index contributed by atoms with van der Waals surface area (Å²) >= 11 is 1.21. The van der Waals surface area contributed by atoms with E-state index in [1.807, 2.05) is 12.1 Å². The van der Waals surface area contributed by atoms with Gasteiger partial charge in [-0.1, -0.05) is 12.1 Å². The Labute approximate surface area is 172 Å². The van der Waals surface area contributed by atoms with E-state index in [0.29, 0.717) is 22.9 Å². The van der Waals surface area contributed by atoms with Gasteiger partial charge in [-0.15, -0.1) is 11.8 Å². The number of amides is 1. The number of benzene rings is 2. The van der Waals surface area contributed by atoms with Crippen LogP contribution in [0.15, 0.2) is 78.0 Å². The van der Waals surface area contributed by atoms with E-state index in [1.54, 1.807) is 48.8 Å². The second-order valence-electron chi connectivity index (χ2n) is 6.65. The maximum Gasteiger partial charge on any atom is 0.256 e. The van der Waals surface area contributed by atoms with Gasteiger partial charge in [0.15, 0.2) is 0 Å². The van der Waals surface area contributed by atoms with Crippen molar-refractivity contribution in [3.8, 4) is 5.75 Å². The molecule has 1 amide bonds. The third-order valence-corrected chi connectivity index (χ3v) is 5.34. The molecule has 3 aromatic rings. The number of aliphatic hydroxyl groups is 1. The molecule has 0 aliphatic rings. The standard InChI is InChI=1S/C22H21FN2O3S/c1-22(27,15-29-20-6-2-5-17(23)12-20)21(26)25-18-7-9-19(10-8-18)28-14-16-4-3-11-24-13-16/h2-13,27H,14-15H2,1H3,(H,25,26). The molecular weight excluding hydrogens is 391 g/mol. The molecule has 0 saturated carbocycles. The quantitative estimate of drug-likeness (QED) is 0.541. The predicted octanol–water partition coefficient (Wildman–Crippen LogP) is 4.28. The lowest BCUT2D eigenvalue weighted by Crippen LogP contribution is -2.42. The molecule has 0 bridgehead atoms. The van der Waals surface area contributed by atoms with Crippen LogP contribution in [-0.2, 0) is 11.4 Å². The summed E-state index contributed by atoms with van der Waals surface area (Å²) in [7, 11) is 0. The molecule has 2 N–H and O–H groups in total. The van der Waals surface area contributed by atoms with Crippen LogP contribution in [0.5, 0.6) is 5.75 Å². The van der Waals surface area contributed by atoms with Crippen molar-refractivity contribution >= 4 is 23.4 Å². The Balaban J connectivity index is 1.52. The number of aromatic nitrogens is 1. The number of nitrogens with zero attached hydrogens (tertiary/aromatic N) is 1. The second kappa shape index (κ2) is 9.54. The minimum atomic E-state index is -1.62. The zero-order valence-corrected chi connectivity index (χ0v) is 16.7. The number of rotatable bonds is 8. The van der Waals surface area contributed by atoms with Gasteiger partial charge in [0.25, 0.3) is 5.91 Å². The summed E-state index contributed by atoms with van der Waals surface area (Å²) in [6, 6.07) is 16.7. The normalized spacial score (nSPS) is 12.8. The van der Waals surface area contributed by atoms with Gasteiger partial charge < -0.3 is 15.2 Å². The molecule has 2 aromatic carbocycles. The van der Waals surface area contributed by atoms with Gasteiger partial charge in [0.05, 0.1) is 0 Å². The molecule has 5 nitrogen and oxygen atoms in total. The molecule has 1 aromatic heterocycles. The van der Waals surface area contributed by atoms with Crippen molar-refractivity contribution in [3.63, 3.8) is 0 Å². The van der Waals surface area contributed by atoms with Crippen molar-refractivity contribution in [2.45, 2.75) is 24.0 Å². The topological polar surface area (TPSA) is 71.5 Å². The van der Waals surface area contributed by atoms with Gasteiger partial charge in [0.2, 0.25) is 0 Å². The first-order valence-electron chi connectivity index (χ1n) is 8.96. The monoisotopic (exact) mass is 412 g/mol. The SMILES string of the molecule is CC(O)(CSc1cccc(F)c1)C(=O)Nc1ccc(OCc2cccnc2)cc1. The van der Waals surface area contributed by atoms with Crippen molar-refractivity contribution in [1.82, 2.24) is 4.98 Å². The second-order valence-corrected chi connectivity index (χ2v) is 7.70. The zero-order valence-electron chi connectivity index (χ0n) is 15.8. The summed E-state index contributed by atoms with van der Waals surface area (Å²) in [5, 5.41) is 13.2. The van der Waals surface area contributed by atoms with Crippen LogP contribution in [0.1, 0.15) is 12.5 Å². The Morgan fingerprint density at radius 1 is 1.21 bits per heavy atom. The van der Waals surface area contributed by atoms with E-state index < -0.39 is 11.5 Å². The number of hydrogen-bond donors (Lipinski definition) is 2. The predicted molar refractivity (Wildman–Crippen MR) is 111 cm³/mol. The first-order valence-corrected chi connectivity index (χ1v) is 9.95. The number of carbonyl (C=O) groups excluding carboxylic acids is 1. The van der Waals surface area contributed by atoms with Crippen LogP contribution in [0.2, 0.25) is 0 Å². The smallest absolute Gasteiger partial charge is 0.256 e. The zero-order chi connectivity index (χ0) is 20.7. The average molecular weight is 412 g/mol. The molecule has 0 spiro atoms. The highest BCUT2D eigenvalue weighted by molar-refractivity contribution is 7.99. The highest BCUT2D eigenvalue weighted by Gasteiger charge is 2.30. The number of halogens is 1. The van der Waals surface area contributed by atoms with Gasteiger partial charge in [-0.05, 0) is 55.5 Å². The molecule has 1 heterocycles. The summed E-state index contributed by atoms with van der Waals surface area (Å²) in [6.07, 6.45) is 3.44. The number of pyridine rings is 1. The lowest BCUT2D eigenvalue weighted by molar-refractivity contribution is -0.130. The summed E-state index contributed by atoms with van der Waals surface area (Å²) in [5.74, 6) is -0.148. The van der Waals surface area contributed by atoms with E-state index >= 15 is 0 Å². The van der Waals surface area contributed by atoms with Gasteiger partial charge in [-0.3, -0.25) is 9.78 Å². The number of carbonyl (C=O) groups is 1. The number of anilines is 1. The largest absolute Gasteiger partial charge is 0.489 e. The van der Waals surface area contributed by atoms with Gasteiger partial charge in [-0.25, -0.2) is 4.39 Å². The van der Waals surface area contributed by atoms with Crippen LogP contribution in [0, 0.1) is 5.82 Å². The first-order chi connectivity index (χ1) is 13.9. The molecule has 1 atom stereocenters. The van der Waals surface area contributed by atoms with Gasteiger partial charge in [0, 0.05) is 34.3 Å². The van der Waals surface area contributed by atoms with E-state index in [1.165, 1.54) is 30.8 Å². The molecule has 3 rings (SSSR count). The van der Waals surface area contributed by atoms with Crippen molar-refractivity contribution in [3.05, 3.63) is 84.4 Å². The van der Waals surface area contributed by atoms with E-state index in [2.05, 4.69) is 10.3 Å². The molecule has 0 aliphatic heterocycles. The lowest BCUT2D eigenvalue weighted by Gasteiger charge is -2.22. The van der Waals surface area contributed by atoms with Crippen LogP contribution in [0.3, 0.4) is 0 Å². The van der Waals surface area contributed by atoms with Crippen molar-refractivity contribution < 1.29 is 19.0 Å². The Morgan fingerprint density at radius 2 is 2.00 bits per heavy atom. The lowest BCUT2D eigenvalue weighted by atomic mass is 10.1. The third kappa shape index (κ3) is 6.30. The number of nitrogens with one attached hydrogen (secondary N) is 1. The van der Waals surface area contributed by atoms with E-state index in [9.17, 15) is 14.3 Å². The number of thioether (sulfide) groups is 1. The number of ether oxygens (including phenoxy) is 1. The first kappa shape index (κ1) is 20.8. The van der Waals surface area contributed by atoms with Crippen molar-refractivity contribution in [1.29, 1.82) is 0 Å². The van der Waals surface area contributed by atoms with E-state index in [0.717, 1.165) is 5.56 Å². The summed E-state index contributed by atoms with van der Waals surface area (Å²) in [5.41, 5.74) is -0.122. The third-order valence-electron chi connectivity index (χ3n) is 4.05. The summed E-state index contributed by atoms with van der Waals surface area (Å²) in [4.78, 5) is 17.1. The molecule has 0 saturated heterocycles. The van der Waals surface area contributed by atoms with Crippen LogP contribution in [0.25, 0.3) is 0 Å². The van der Waals surface area contributed by atoms with Gasteiger partial charge >= 0.3 is 0 Å². The highest BCUT2D eigenvalue weighted by Crippen LogP contribution is 2.25. The fourth-order valence-electron chi connectivity index (χ4n) is 2.40. The average Bonchev–Trinajstić information content (AvgIpc) is 2.73. The Hall–Kier alpha value is -2.90. The molecule has 0 fully saturated rings. The molecule has 150 valence electrons. The fraction of sp³-hybridized carbons (Fsp3) is 0.182. The molecule has 0 aliphatic carbocycles. The molecular formula is C22H21FN2O3S. The minimum Gasteiger partial charge on any atom is -0.489 e. The molecule has 29 heavy (non-hydrogen) atoms. The Morgan fingerprint density at radius 3 is 2.69 bits per heavy atom. The highest BCUT2D eigenvalue weighted by atomic mass is 32.2. The maximum atomic E-state index is 13.2. The Bertz CT molecular complexity index is 950. The fourth-order valence-corrected chi connectivity index (χ4v) is 3.35. The van der Waals surface area contributed by atoms with Gasteiger partial charge in [-0.2, -0.15) is 0 Å². The summed E-state index contributed by atoms with van der Waals surface area (Å²) in [6.45, 7) is 1.82. The number of hydrogen-bond acceptors (Lipinski definition) is 5. The van der Waals surface area contributed by atoms with Crippen LogP contribution in [0.4, 0.5) is 10.1 Å². The van der Waals surface area contributed by atoms with Crippen LogP contribution in [-0.4, -0.2) is 27.4 Å². The van der Waals surface area contributed by atoms with E-state index in [-0.39, 0.29) is 11.6 Å². The summed E-state index contributed by atoms with van der Waals surface area (Å²) < 4.78 is 18.9. The molecule has 0 radical (unpaired) electrons. The van der Waals surface area contributed by atoms with Crippen LogP contribution < -0.4 is 10.1 Å². The minimum absolute atomic E-state index is 0.0919. The molecule has 1 unspecified atom stereocenters.